The highest BCUT2D eigenvalue weighted by Gasteiger charge is 2.32. The van der Waals surface area contributed by atoms with Gasteiger partial charge in [0.2, 0.25) is 5.91 Å². The number of rotatable bonds is 4. The monoisotopic (exact) mass is 384 g/mol. The molecule has 2 saturated heterocycles. The Bertz CT molecular complexity index is 773. The number of carbonyl (C=O) groups is 1. The largest absolute Gasteiger partial charge is 0.372 e. The van der Waals surface area contributed by atoms with E-state index in [1.54, 1.807) is 12.1 Å². The molecule has 1 aromatic rings. The lowest BCUT2D eigenvalue weighted by Gasteiger charge is -2.37. The molecule has 2 fully saturated rings. The van der Waals surface area contributed by atoms with Crippen molar-refractivity contribution in [1.82, 2.24) is 5.32 Å². The molecule has 0 saturated carbocycles. The van der Waals surface area contributed by atoms with Crippen molar-refractivity contribution in [2.24, 2.45) is 5.92 Å². The van der Waals surface area contributed by atoms with Crippen LogP contribution in [0.2, 0.25) is 0 Å². The highest BCUT2D eigenvalue weighted by atomic mass is 32.2. The number of sulfone groups is 1. The van der Waals surface area contributed by atoms with Crippen LogP contribution in [-0.2, 0) is 25.9 Å². The van der Waals surface area contributed by atoms with Crippen LogP contribution in [0.4, 0.5) is 10.1 Å². The molecule has 2 aliphatic rings. The van der Waals surface area contributed by atoms with Crippen molar-refractivity contribution >= 4 is 21.4 Å². The van der Waals surface area contributed by atoms with Crippen molar-refractivity contribution in [2.45, 2.75) is 39.0 Å². The summed E-state index contributed by atoms with van der Waals surface area (Å²) in [6.07, 6.45) is 0.439. The summed E-state index contributed by atoms with van der Waals surface area (Å²) in [5, 5.41) is 2.72. The Hall–Kier alpha value is -1.67. The normalized spacial score (nSPS) is 28.1. The summed E-state index contributed by atoms with van der Waals surface area (Å²) in [6.45, 7) is 5.38. The van der Waals surface area contributed by atoms with Gasteiger partial charge in [-0.1, -0.05) is 6.07 Å². The summed E-state index contributed by atoms with van der Waals surface area (Å²) in [5.74, 6) is -1.15. The molecule has 3 unspecified atom stereocenters. The first kappa shape index (κ1) is 19.1. The van der Waals surface area contributed by atoms with Crippen LogP contribution in [0.25, 0.3) is 0 Å². The minimum absolute atomic E-state index is 0.0415. The molecule has 0 bridgehead atoms. The molecule has 1 aromatic carbocycles. The summed E-state index contributed by atoms with van der Waals surface area (Å²) in [5.41, 5.74) is 1.18. The highest BCUT2D eigenvalue weighted by molar-refractivity contribution is 7.91. The standard InChI is InChI=1S/C18H25FN2O4S/c1-12-9-21(10-13(2)25-12)17-4-3-14(7-16(17)19)8-20-18(22)15-5-6-26(23,24)11-15/h3-4,7,12-13,15H,5-6,8-11H2,1-2H3,(H,20,22). The Labute approximate surface area is 153 Å². The second-order valence-corrected chi connectivity index (χ2v) is 9.49. The van der Waals surface area contributed by atoms with Gasteiger partial charge < -0.3 is 15.0 Å². The van der Waals surface area contributed by atoms with Crippen LogP contribution in [0, 0.1) is 11.7 Å². The molecule has 26 heavy (non-hydrogen) atoms. The quantitative estimate of drug-likeness (QED) is 0.851. The Kier molecular flexibility index (Phi) is 5.53. The number of carbonyl (C=O) groups excluding carboxylic acids is 1. The number of hydrogen-bond acceptors (Lipinski definition) is 5. The van der Waals surface area contributed by atoms with Gasteiger partial charge in [-0.25, -0.2) is 12.8 Å². The van der Waals surface area contributed by atoms with Gasteiger partial charge in [0.25, 0.3) is 0 Å². The third-order valence-corrected chi connectivity index (χ3v) is 6.61. The maximum atomic E-state index is 14.5. The second-order valence-electron chi connectivity index (χ2n) is 7.27. The number of benzene rings is 1. The Morgan fingerprint density at radius 2 is 2.00 bits per heavy atom. The van der Waals surface area contributed by atoms with E-state index in [0.29, 0.717) is 30.8 Å². The van der Waals surface area contributed by atoms with E-state index in [1.807, 2.05) is 18.7 Å². The van der Waals surface area contributed by atoms with E-state index < -0.39 is 15.8 Å². The summed E-state index contributed by atoms with van der Waals surface area (Å²) >= 11 is 0. The van der Waals surface area contributed by atoms with Gasteiger partial charge in [-0.3, -0.25) is 4.79 Å². The van der Waals surface area contributed by atoms with E-state index in [2.05, 4.69) is 5.32 Å². The molecule has 6 nitrogen and oxygen atoms in total. The molecule has 0 spiro atoms. The van der Waals surface area contributed by atoms with Crippen molar-refractivity contribution in [2.75, 3.05) is 29.5 Å². The summed E-state index contributed by atoms with van der Waals surface area (Å²) in [4.78, 5) is 14.1. The number of nitrogens with zero attached hydrogens (tertiary/aromatic N) is 1. The van der Waals surface area contributed by atoms with Crippen molar-refractivity contribution in [3.05, 3.63) is 29.6 Å². The van der Waals surface area contributed by atoms with E-state index in [-0.39, 0.29) is 42.0 Å². The van der Waals surface area contributed by atoms with Gasteiger partial charge >= 0.3 is 0 Å². The average molecular weight is 384 g/mol. The number of halogens is 1. The number of hydrogen-bond donors (Lipinski definition) is 1. The fourth-order valence-electron chi connectivity index (χ4n) is 3.63. The molecular formula is C18H25FN2O4S. The lowest BCUT2D eigenvalue weighted by Crippen LogP contribution is -2.45. The molecule has 0 aromatic heterocycles. The smallest absolute Gasteiger partial charge is 0.224 e. The first-order valence-electron chi connectivity index (χ1n) is 8.90. The first-order valence-corrected chi connectivity index (χ1v) is 10.7. The minimum atomic E-state index is -3.09. The lowest BCUT2D eigenvalue weighted by molar-refractivity contribution is -0.124. The van der Waals surface area contributed by atoms with Crippen molar-refractivity contribution in [3.8, 4) is 0 Å². The molecular weight excluding hydrogens is 359 g/mol. The van der Waals surface area contributed by atoms with Crippen LogP contribution in [0.3, 0.4) is 0 Å². The molecule has 144 valence electrons. The van der Waals surface area contributed by atoms with E-state index in [4.69, 9.17) is 4.74 Å². The lowest BCUT2D eigenvalue weighted by atomic mass is 10.1. The molecule has 2 heterocycles. The number of nitrogens with one attached hydrogen (secondary N) is 1. The first-order chi connectivity index (χ1) is 12.2. The third kappa shape index (κ3) is 4.54. The maximum Gasteiger partial charge on any atom is 0.224 e. The number of morpholine rings is 1. The summed E-state index contributed by atoms with van der Waals surface area (Å²) in [7, 11) is -3.09. The van der Waals surface area contributed by atoms with Gasteiger partial charge in [-0.05, 0) is 38.0 Å². The molecule has 3 atom stereocenters. The van der Waals surface area contributed by atoms with Crippen LogP contribution >= 0.6 is 0 Å². The second kappa shape index (κ2) is 7.52. The fraction of sp³-hybridized carbons (Fsp3) is 0.611. The predicted molar refractivity (Wildman–Crippen MR) is 97.2 cm³/mol. The fourth-order valence-corrected chi connectivity index (χ4v) is 5.37. The zero-order valence-corrected chi connectivity index (χ0v) is 15.9. The predicted octanol–water partition coefficient (Wildman–Crippen LogP) is 1.49. The number of anilines is 1. The number of amides is 1. The van der Waals surface area contributed by atoms with Crippen LogP contribution in [0.5, 0.6) is 0 Å². The summed E-state index contributed by atoms with van der Waals surface area (Å²) in [6, 6.07) is 4.93. The van der Waals surface area contributed by atoms with Crippen LogP contribution < -0.4 is 10.2 Å². The topological polar surface area (TPSA) is 75.7 Å². The van der Waals surface area contributed by atoms with Crippen LogP contribution in [-0.4, -0.2) is 51.1 Å². The van der Waals surface area contributed by atoms with Gasteiger partial charge in [-0.15, -0.1) is 0 Å². The van der Waals surface area contributed by atoms with Gasteiger partial charge in [0.15, 0.2) is 9.84 Å². The zero-order chi connectivity index (χ0) is 18.9. The van der Waals surface area contributed by atoms with Gasteiger partial charge in [0, 0.05) is 19.6 Å². The minimum Gasteiger partial charge on any atom is -0.372 e. The van der Waals surface area contributed by atoms with E-state index in [9.17, 15) is 17.6 Å². The third-order valence-electron chi connectivity index (χ3n) is 4.84. The van der Waals surface area contributed by atoms with Crippen molar-refractivity contribution in [1.29, 1.82) is 0 Å². The Balaban J connectivity index is 1.60. The van der Waals surface area contributed by atoms with E-state index in [1.165, 1.54) is 6.07 Å². The van der Waals surface area contributed by atoms with E-state index in [0.717, 1.165) is 0 Å². The molecule has 1 amide bonds. The molecule has 3 rings (SSSR count). The van der Waals surface area contributed by atoms with Gasteiger partial charge in [0.05, 0.1) is 35.3 Å². The molecule has 0 aliphatic carbocycles. The van der Waals surface area contributed by atoms with Crippen LogP contribution in [0.15, 0.2) is 18.2 Å². The zero-order valence-electron chi connectivity index (χ0n) is 15.1. The molecule has 1 N–H and O–H groups in total. The molecule has 2 aliphatic heterocycles. The Morgan fingerprint density at radius 3 is 2.58 bits per heavy atom. The van der Waals surface area contributed by atoms with E-state index >= 15 is 0 Å². The average Bonchev–Trinajstić information content (AvgIpc) is 2.92. The van der Waals surface area contributed by atoms with Crippen molar-refractivity contribution in [3.63, 3.8) is 0 Å². The highest BCUT2D eigenvalue weighted by Crippen LogP contribution is 2.25. The van der Waals surface area contributed by atoms with Gasteiger partial charge in [0.1, 0.15) is 5.82 Å². The van der Waals surface area contributed by atoms with Gasteiger partial charge in [-0.2, -0.15) is 0 Å². The Morgan fingerprint density at radius 1 is 1.31 bits per heavy atom. The van der Waals surface area contributed by atoms with Crippen molar-refractivity contribution < 1.29 is 22.3 Å². The SMILES string of the molecule is CC1CN(c2ccc(CNC(=O)C3CCS(=O)(=O)C3)cc2F)CC(C)O1. The summed E-state index contributed by atoms with van der Waals surface area (Å²) < 4.78 is 43.1. The van der Waals surface area contributed by atoms with Crippen LogP contribution in [0.1, 0.15) is 25.8 Å². The molecule has 0 radical (unpaired) electrons. The maximum absolute atomic E-state index is 14.5. The molecule has 8 heteroatoms. The number of ether oxygens (including phenoxy) is 1.